The number of nitrogens with one attached hydrogen (secondary N) is 2. The van der Waals surface area contributed by atoms with Gasteiger partial charge in [-0.05, 0) is 26.0 Å². The smallest absolute Gasteiger partial charge is 0.323 e. The van der Waals surface area contributed by atoms with Crippen LogP contribution < -0.4 is 10.6 Å². The molecule has 0 fully saturated rings. The summed E-state index contributed by atoms with van der Waals surface area (Å²) >= 11 is 0. The summed E-state index contributed by atoms with van der Waals surface area (Å²) in [6.07, 6.45) is 0. The van der Waals surface area contributed by atoms with Gasteiger partial charge in [0.05, 0.1) is 12.2 Å². The highest BCUT2D eigenvalue weighted by Gasteiger charge is 2.27. The van der Waals surface area contributed by atoms with E-state index in [0.717, 1.165) is 6.07 Å². The summed E-state index contributed by atoms with van der Waals surface area (Å²) in [6, 6.07) is 1.54. The van der Waals surface area contributed by atoms with Crippen molar-refractivity contribution in [2.45, 2.75) is 19.4 Å². The SMILES string of the molecule is CC(C)(NCC(=O)Nc1ccc(F)c(F)c1F)C(=O)O. The maximum Gasteiger partial charge on any atom is 0.323 e. The van der Waals surface area contributed by atoms with Gasteiger partial charge in [-0.15, -0.1) is 0 Å². The molecule has 0 bridgehead atoms. The molecule has 0 aliphatic carbocycles. The van der Waals surface area contributed by atoms with Crippen LogP contribution in [0.25, 0.3) is 0 Å². The van der Waals surface area contributed by atoms with Gasteiger partial charge >= 0.3 is 5.97 Å². The lowest BCUT2D eigenvalue weighted by atomic mass is 10.1. The number of anilines is 1. The summed E-state index contributed by atoms with van der Waals surface area (Å²) in [5.74, 6) is -6.54. The molecule has 0 unspecified atom stereocenters. The van der Waals surface area contributed by atoms with Crippen LogP contribution in [0.1, 0.15) is 13.8 Å². The third-order valence-electron chi connectivity index (χ3n) is 2.53. The quantitative estimate of drug-likeness (QED) is 0.718. The fraction of sp³-hybridized carbons (Fsp3) is 0.333. The number of hydrogen-bond donors (Lipinski definition) is 3. The molecule has 0 aliphatic rings. The topological polar surface area (TPSA) is 78.4 Å². The maximum atomic E-state index is 13.3. The van der Waals surface area contributed by atoms with Crippen molar-refractivity contribution in [3.05, 3.63) is 29.6 Å². The van der Waals surface area contributed by atoms with Gasteiger partial charge in [0, 0.05) is 0 Å². The molecule has 5 nitrogen and oxygen atoms in total. The predicted octanol–water partition coefficient (Wildman–Crippen LogP) is 1.50. The van der Waals surface area contributed by atoms with Gasteiger partial charge in [-0.1, -0.05) is 0 Å². The molecule has 0 atom stereocenters. The van der Waals surface area contributed by atoms with Crippen LogP contribution in [0.15, 0.2) is 12.1 Å². The van der Waals surface area contributed by atoms with E-state index in [1.54, 1.807) is 0 Å². The first-order valence-corrected chi connectivity index (χ1v) is 5.57. The minimum absolute atomic E-state index is 0.433. The van der Waals surface area contributed by atoms with E-state index in [9.17, 15) is 22.8 Å². The number of benzene rings is 1. The van der Waals surface area contributed by atoms with Gasteiger partial charge in [-0.25, -0.2) is 13.2 Å². The third kappa shape index (κ3) is 3.70. The second-order valence-electron chi connectivity index (χ2n) is 4.55. The average Bonchev–Trinajstić information content (AvgIpc) is 2.37. The summed E-state index contributed by atoms with van der Waals surface area (Å²) < 4.78 is 38.9. The predicted molar refractivity (Wildman–Crippen MR) is 64.7 cm³/mol. The molecule has 0 spiro atoms. The molecular weight excluding hydrogens is 277 g/mol. The van der Waals surface area contributed by atoms with Crippen molar-refractivity contribution in [2.75, 3.05) is 11.9 Å². The van der Waals surface area contributed by atoms with Crippen molar-refractivity contribution in [3.8, 4) is 0 Å². The van der Waals surface area contributed by atoms with E-state index >= 15 is 0 Å². The van der Waals surface area contributed by atoms with E-state index in [-0.39, 0.29) is 0 Å². The molecule has 1 amide bonds. The van der Waals surface area contributed by atoms with E-state index in [0.29, 0.717) is 6.07 Å². The zero-order valence-corrected chi connectivity index (χ0v) is 10.8. The number of carbonyl (C=O) groups excluding carboxylic acids is 1. The lowest BCUT2D eigenvalue weighted by Crippen LogP contribution is -2.49. The summed E-state index contributed by atoms with van der Waals surface area (Å²) in [5.41, 5.74) is -1.88. The Labute approximate surface area is 112 Å². The van der Waals surface area contributed by atoms with Crippen LogP contribution >= 0.6 is 0 Å². The van der Waals surface area contributed by atoms with Crippen molar-refractivity contribution < 1.29 is 27.9 Å². The summed E-state index contributed by atoms with van der Waals surface area (Å²) in [7, 11) is 0. The van der Waals surface area contributed by atoms with E-state index in [2.05, 4.69) is 5.32 Å². The summed E-state index contributed by atoms with van der Waals surface area (Å²) in [4.78, 5) is 22.3. The molecule has 8 heteroatoms. The Morgan fingerprint density at radius 2 is 1.80 bits per heavy atom. The number of carboxylic acid groups (broad SMARTS) is 1. The van der Waals surface area contributed by atoms with Crippen LogP contribution in [0.4, 0.5) is 18.9 Å². The van der Waals surface area contributed by atoms with Gasteiger partial charge < -0.3 is 10.4 Å². The number of amides is 1. The highest BCUT2D eigenvalue weighted by molar-refractivity contribution is 5.93. The lowest BCUT2D eigenvalue weighted by molar-refractivity contribution is -0.143. The Morgan fingerprint density at radius 1 is 1.20 bits per heavy atom. The van der Waals surface area contributed by atoms with Crippen molar-refractivity contribution in [1.82, 2.24) is 5.32 Å². The second-order valence-corrected chi connectivity index (χ2v) is 4.55. The fourth-order valence-electron chi connectivity index (χ4n) is 1.19. The van der Waals surface area contributed by atoms with Crippen molar-refractivity contribution in [2.24, 2.45) is 0 Å². The largest absolute Gasteiger partial charge is 0.480 e. The first-order chi connectivity index (χ1) is 9.15. The molecule has 0 aromatic heterocycles. The van der Waals surface area contributed by atoms with Gasteiger partial charge in [0.15, 0.2) is 17.5 Å². The van der Waals surface area contributed by atoms with Gasteiger partial charge in [-0.2, -0.15) is 0 Å². The lowest BCUT2D eigenvalue weighted by Gasteiger charge is -2.20. The molecule has 0 saturated carbocycles. The Hall–Kier alpha value is -2.09. The Kier molecular flexibility index (Phi) is 4.72. The second kappa shape index (κ2) is 5.91. The zero-order chi connectivity index (χ0) is 15.5. The summed E-state index contributed by atoms with van der Waals surface area (Å²) in [5, 5.41) is 13.2. The van der Waals surface area contributed by atoms with E-state index in [4.69, 9.17) is 5.11 Å². The maximum absolute atomic E-state index is 13.3. The number of carboxylic acids is 1. The Morgan fingerprint density at radius 3 is 2.35 bits per heavy atom. The normalized spacial score (nSPS) is 11.2. The Bertz CT molecular complexity index is 547. The van der Waals surface area contributed by atoms with E-state index < -0.39 is 47.1 Å². The van der Waals surface area contributed by atoms with Gasteiger partial charge in [-0.3, -0.25) is 14.9 Å². The van der Waals surface area contributed by atoms with Crippen molar-refractivity contribution in [1.29, 1.82) is 0 Å². The number of halogens is 3. The molecule has 1 rings (SSSR count). The van der Waals surface area contributed by atoms with Crippen LogP contribution in [0, 0.1) is 17.5 Å². The molecule has 0 saturated heterocycles. The minimum atomic E-state index is -1.69. The first-order valence-electron chi connectivity index (χ1n) is 5.57. The van der Waals surface area contributed by atoms with Crippen molar-refractivity contribution >= 4 is 17.6 Å². The van der Waals surface area contributed by atoms with Crippen molar-refractivity contribution in [3.63, 3.8) is 0 Å². The number of aliphatic carboxylic acids is 1. The monoisotopic (exact) mass is 290 g/mol. The Balaban J connectivity index is 2.69. The molecule has 1 aromatic carbocycles. The molecule has 3 N–H and O–H groups in total. The molecule has 110 valence electrons. The van der Waals surface area contributed by atoms with Crippen LogP contribution in [-0.2, 0) is 9.59 Å². The average molecular weight is 290 g/mol. The first kappa shape index (κ1) is 16.0. The molecule has 0 heterocycles. The number of carbonyl (C=O) groups is 2. The van der Waals surface area contributed by atoms with E-state index in [1.807, 2.05) is 5.32 Å². The number of hydrogen-bond acceptors (Lipinski definition) is 3. The fourth-order valence-corrected chi connectivity index (χ4v) is 1.19. The summed E-state index contributed by atoms with van der Waals surface area (Å²) in [6.45, 7) is 2.24. The molecule has 0 aliphatic heterocycles. The van der Waals surface area contributed by atoms with Gasteiger partial charge in [0.25, 0.3) is 0 Å². The van der Waals surface area contributed by atoms with Crippen LogP contribution in [0.2, 0.25) is 0 Å². The van der Waals surface area contributed by atoms with Gasteiger partial charge in [0.1, 0.15) is 5.54 Å². The van der Waals surface area contributed by atoms with Crippen LogP contribution in [0.5, 0.6) is 0 Å². The van der Waals surface area contributed by atoms with Gasteiger partial charge in [0.2, 0.25) is 5.91 Å². The molecule has 0 radical (unpaired) electrons. The molecule has 20 heavy (non-hydrogen) atoms. The minimum Gasteiger partial charge on any atom is -0.480 e. The molecular formula is C12H13F3N2O3. The number of rotatable bonds is 5. The highest BCUT2D eigenvalue weighted by Crippen LogP contribution is 2.19. The molecule has 1 aromatic rings. The van der Waals surface area contributed by atoms with E-state index in [1.165, 1.54) is 13.8 Å². The highest BCUT2D eigenvalue weighted by atomic mass is 19.2. The van der Waals surface area contributed by atoms with Crippen LogP contribution in [0.3, 0.4) is 0 Å². The van der Waals surface area contributed by atoms with Crippen LogP contribution in [-0.4, -0.2) is 29.1 Å². The standard InChI is InChI=1S/C12H13F3N2O3/c1-12(2,11(19)20)16-5-8(18)17-7-4-3-6(13)9(14)10(7)15/h3-4,16H,5H2,1-2H3,(H,17,18)(H,19,20). The zero-order valence-electron chi connectivity index (χ0n) is 10.8. The third-order valence-corrected chi connectivity index (χ3v) is 2.53.